The molecule has 0 saturated heterocycles. The summed E-state index contributed by atoms with van der Waals surface area (Å²) in [5.74, 6) is 1.63. The van der Waals surface area contributed by atoms with Crippen LogP contribution in [-0.4, -0.2) is 19.1 Å². The summed E-state index contributed by atoms with van der Waals surface area (Å²) >= 11 is 1.80. The minimum atomic E-state index is 0.424. The van der Waals surface area contributed by atoms with Gasteiger partial charge in [-0.1, -0.05) is 30.8 Å². The average molecular weight is 279 g/mol. The third-order valence-electron chi connectivity index (χ3n) is 3.42. The number of thioether (sulfide) groups is 1. The lowest BCUT2D eigenvalue weighted by molar-refractivity contribution is 0.171. The Balaban J connectivity index is 1.76. The number of ether oxygens (including phenoxy) is 1. The summed E-state index contributed by atoms with van der Waals surface area (Å²) < 4.78 is 5.67. The van der Waals surface area contributed by atoms with Crippen LogP contribution in [-0.2, 0) is 4.74 Å². The first-order chi connectivity index (χ1) is 9.29. The van der Waals surface area contributed by atoms with Crippen molar-refractivity contribution < 1.29 is 4.74 Å². The monoisotopic (exact) mass is 279 g/mol. The largest absolute Gasteiger partial charge is 0.370 e. The van der Waals surface area contributed by atoms with Crippen LogP contribution in [0.15, 0.2) is 29.2 Å². The van der Waals surface area contributed by atoms with E-state index in [1.54, 1.807) is 11.8 Å². The molecule has 1 aliphatic carbocycles. The number of hydrogen-bond acceptors (Lipinski definition) is 3. The lowest BCUT2D eigenvalue weighted by atomic mass is 10.1. The van der Waals surface area contributed by atoms with Crippen LogP contribution >= 0.6 is 11.8 Å². The van der Waals surface area contributed by atoms with Gasteiger partial charge in [-0.05, 0) is 56.3 Å². The van der Waals surface area contributed by atoms with Crippen LogP contribution in [0, 0.1) is 5.92 Å². The van der Waals surface area contributed by atoms with Crippen LogP contribution < -0.4 is 5.32 Å². The molecular weight excluding hydrogens is 254 g/mol. The van der Waals surface area contributed by atoms with E-state index in [0.717, 1.165) is 25.0 Å². The van der Waals surface area contributed by atoms with Gasteiger partial charge in [0.15, 0.2) is 0 Å². The zero-order valence-electron chi connectivity index (χ0n) is 12.0. The fourth-order valence-corrected chi connectivity index (χ4v) is 2.67. The molecule has 1 aromatic carbocycles. The van der Waals surface area contributed by atoms with E-state index in [2.05, 4.69) is 43.4 Å². The molecule has 1 unspecified atom stereocenters. The summed E-state index contributed by atoms with van der Waals surface area (Å²) in [7, 11) is 0. The number of nitrogens with one attached hydrogen (secondary N) is 1. The summed E-state index contributed by atoms with van der Waals surface area (Å²) in [6, 6.07) is 9.21. The van der Waals surface area contributed by atoms with Crippen molar-refractivity contribution in [1.82, 2.24) is 5.32 Å². The highest BCUT2D eigenvalue weighted by Crippen LogP contribution is 2.29. The Morgan fingerprint density at radius 3 is 3.00 bits per heavy atom. The molecule has 0 radical (unpaired) electrons. The minimum Gasteiger partial charge on any atom is -0.370 e. The lowest BCUT2D eigenvalue weighted by Crippen LogP contribution is -2.19. The van der Waals surface area contributed by atoms with Gasteiger partial charge in [0.1, 0.15) is 0 Å². The van der Waals surface area contributed by atoms with Crippen molar-refractivity contribution in [3.8, 4) is 0 Å². The van der Waals surface area contributed by atoms with E-state index in [4.69, 9.17) is 4.74 Å². The SMILES string of the molecule is CCCNC(C)c1cccc(SCOCC2CC2)c1. The van der Waals surface area contributed by atoms with Gasteiger partial charge in [0, 0.05) is 10.9 Å². The predicted molar refractivity (Wildman–Crippen MR) is 82.6 cm³/mol. The first-order valence-corrected chi connectivity index (χ1v) is 8.32. The summed E-state index contributed by atoms with van der Waals surface area (Å²) in [6.45, 7) is 6.44. The molecule has 0 bridgehead atoms. The van der Waals surface area contributed by atoms with Crippen LogP contribution in [0.2, 0.25) is 0 Å². The van der Waals surface area contributed by atoms with Gasteiger partial charge >= 0.3 is 0 Å². The van der Waals surface area contributed by atoms with Gasteiger partial charge in [-0.3, -0.25) is 0 Å². The summed E-state index contributed by atoms with van der Waals surface area (Å²) in [4.78, 5) is 1.30. The molecule has 0 heterocycles. The van der Waals surface area contributed by atoms with Gasteiger partial charge in [0.2, 0.25) is 0 Å². The Morgan fingerprint density at radius 2 is 2.26 bits per heavy atom. The molecule has 1 aliphatic rings. The molecule has 1 saturated carbocycles. The van der Waals surface area contributed by atoms with Gasteiger partial charge in [0.25, 0.3) is 0 Å². The molecule has 2 nitrogen and oxygen atoms in total. The van der Waals surface area contributed by atoms with Crippen LogP contribution in [0.5, 0.6) is 0 Å². The normalized spacial score (nSPS) is 16.5. The smallest absolute Gasteiger partial charge is 0.0967 e. The van der Waals surface area contributed by atoms with Crippen molar-refractivity contribution in [1.29, 1.82) is 0 Å². The Bertz CT molecular complexity index is 379. The Morgan fingerprint density at radius 1 is 1.42 bits per heavy atom. The second kappa shape index (κ2) is 7.93. The zero-order valence-corrected chi connectivity index (χ0v) is 12.8. The highest BCUT2D eigenvalue weighted by atomic mass is 32.2. The van der Waals surface area contributed by atoms with Gasteiger partial charge in [-0.25, -0.2) is 0 Å². The molecule has 1 atom stereocenters. The van der Waals surface area contributed by atoms with Gasteiger partial charge in [-0.2, -0.15) is 0 Å². The van der Waals surface area contributed by atoms with Crippen molar-refractivity contribution >= 4 is 11.8 Å². The summed E-state index contributed by atoms with van der Waals surface area (Å²) in [5.41, 5.74) is 1.36. The van der Waals surface area contributed by atoms with Crippen molar-refractivity contribution in [2.75, 3.05) is 19.1 Å². The van der Waals surface area contributed by atoms with Crippen LogP contribution in [0.1, 0.15) is 44.7 Å². The second-order valence-corrected chi connectivity index (χ2v) is 6.32. The zero-order chi connectivity index (χ0) is 13.5. The fourth-order valence-electron chi connectivity index (χ4n) is 1.96. The third-order valence-corrected chi connectivity index (χ3v) is 4.29. The molecule has 0 aromatic heterocycles. The highest BCUT2D eigenvalue weighted by molar-refractivity contribution is 7.99. The van der Waals surface area contributed by atoms with E-state index in [1.165, 1.54) is 29.7 Å². The first kappa shape index (κ1) is 14.9. The standard InChI is InChI=1S/C16H25NOS/c1-3-9-17-13(2)15-5-4-6-16(10-15)19-12-18-11-14-7-8-14/h4-6,10,13-14,17H,3,7-9,11-12H2,1-2H3. The van der Waals surface area contributed by atoms with Crippen molar-refractivity contribution in [2.45, 2.75) is 44.0 Å². The number of rotatable bonds is 9. The van der Waals surface area contributed by atoms with Gasteiger partial charge < -0.3 is 10.1 Å². The second-order valence-electron chi connectivity index (χ2n) is 5.32. The summed E-state index contributed by atoms with van der Waals surface area (Å²) in [6.07, 6.45) is 3.90. The molecule has 1 fully saturated rings. The van der Waals surface area contributed by atoms with E-state index in [1.807, 2.05) is 0 Å². The Kier molecular flexibility index (Phi) is 6.21. The molecule has 3 heteroatoms. The molecule has 2 rings (SSSR count). The maximum atomic E-state index is 5.67. The van der Waals surface area contributed by atoms with E-state index >= 15 is 0 Å². The lowest BCUT2D eigenvalue weighted by Gasteiger charge is -2.14. The average Bonchev–Trinajstić information content (AvgIpc) is 3.25. The van der Waals surface area contributed by atoms with E-state index in [-0.39, 0.29) is 0 Å². The molecular formula is C16H25NOS. The molecule has 0 spiro atoms. The van der Waals surface area contributed by atoms with Crippen molar-refractivity contribution in [3.05, 3.63) is 29.8 Å². The van der Waals surface area contributed by atoms with E-state index < -0.39 is 0 Å². The third kappa shape index (κ3) is 5.55. The van der Waals surface area contributed by atoms with Crippen molar-refractivity contribution in [2.24, 2.45) is 5.92 Å². The molecule has 0 aliphatic heterocycles. The van der Waals surface area contributed by atoms with Crippen molar-refractivity contribution in [3.63, 3.8) is 0 Å². The van der Waals surface area contributed by atoms with Crippen LogP contribution in [0.25, 0.3) is 0 Å². The maximum Gasteiger partial charge on any atom is 0.0967 e. The molecule has 19 heavy (non-hydrogen) atoms. The first-order valence-electron chi connectivity index (χ1n) is 7.33. The topological polar surface area (TPSA) is 21.3 Å². The Labute approximate surface area is 121 Å². The number of benzene rings is 1. The quantitative estimate of drug-likeness (QED) is 0.415. The summed E-state index contributed by atoms with van der Waals surface area (Å²) in [5, 5.41) is 3.53. The number of hydrogen-bond donors (Lipinski definition) is 1. The molecule has 1 aromatic rings. The van der Waals surface area contributed by atoms with E-state index in [9.17, 15) is 0 Å². The van der Waals surface area contributed by atoms with E-state index in [0.29, 0.717) is 6.04 Å². The fraction of sp³-hybridized carbons (Fsp3) is 0.625. The maximum absolute atomic E-state index is 5.67. The minimum absolute atomic E-state index is 0.424. The van der Waals surface area contributed by atoms with Crippen LogP contribution in [0.3, 0.4) is 0 Å². The van der Waals surface area contributed by atoms with Crippen LogP contribution in [0.4, 0.5) is 0 Å². The molecule has 0 amide bonds. The van der Waals surface area contributed by atoms with Gasteiger partial charge in [0.05, 0.1) is 12.5 Å². The highest BCUT2D eigenvalue weighted by Gasteiger charge is 2.20. The predicted octanol–water partition coefficient (Wildman–Crippen LogP) is 4.22. The van der Waals surface area contributed by atoms with Gasteiger partial charge in [-0.15, -0.1) is 0 Å². The molecule has 106 valence electrons. The molecule has 1 N–H and O–H groups in total. The Hall–Kier alpha value is -0.510.